The molecule has 11 heterocycles. The molecule has 0 atom stereocenters. The summed E-state index contributed by atoms with van der Waals surface area (Å²) >= 11 is 0. The lowest BCUT2D eigenvalue weighted by Gasteiger charge is -2.37. The molecular formula is C100H74F12N16O4. The van der Waals surface area contributed by atoms with Gasteiger partial charge in [-0.2, -0.15) is 68.0 Å². The minimum absolute atomic E-state index is 0.126. The lowest BCUT2D eigenvalue weighted by Crippen LogP contribution is -2.48. The first kappa shape index (κ1) is 92.3. The summed E-state index contributed by atoms with van der Waals surface area (Å²) in [6, 6.07) is 46.6. The second-order valence-corrected chi connectivity index (χ2v) is 30.5. The van der Waals surface area contributed by atoms with Crippen LogP contribution in [-0.2, 0) is 56.9 Å². The molecule has 17 rings (SSSR count). The van der Waals surface area contributed by atoms with E-state index in [0.29, 0.717) is 107 Å². The van der Waals surface area contributed by atoms with Crippen molar-refractivity contribution in [1.82, 2.24) is 77.9 Å². The van der Waals surface area contributed by atoms with Crippen molar-refractivity contribution >= 4 is 45.7 Å². The lowest BCUT2D eigenvalue weighted by molar-refractivity contribution is -0.139. The Labute approximate surface area is 747 Å². The molecule has 0 aliphatic carbocycles. The monoisotopic (exact) mass is 1790 g/mol. The smallest absolute Gasteiger partial charge is 0.298 e. The van der Waals surface area contributed by atoms with Crippen LogP contribution in [-0.4, -0.2) is 133 Å². The number of ketones is 4. The maximum absolute atomic E-state index is 14.0. The van der Waals surface area contributed by atoms with Gasteiger partial charge in [-0.25, -0.2) is 38.5 Å². The summed E-state index contributed by atoms with van der Waals surface area (Å²) < 4.78 is 165. The molecule has 32 heteroatoms. The molecule has 1 fully saturated rings. The molecule has 132 heavy (non-hydrogen) atoms. The normalized spacial score (nSPS) is 12.3. The van der Waals surface area contributed by atoms with Crippen LogP contribution in [0.4, 0.5) is 52.7 Å². The number of hydrogen-bond donors (Lipinski definition) is 0. The summed E-state index contributed by atoms with van der Waals surface area (Å²) in [6.07, 6.45) is 0.715. The quantitative estimate of drug-likeness (QED) is 0.0529. The van der Waals surface area contributed by atoms with Crippen molar-refractivity contribution in [1.29, 1.82) is 0 Å². The van der Waals surface area contributed by atoms with E-state index < -0.39 is 47.0 Å². The Kier molecular flexibility index (Phi) is 28.4. The number of imidazole rings is 4. The molecule has 1 aliphatic rings. The van der Waals surface area contributed by atoms with Gasteiger partial charge in [-0.05, 0) is 193 Å². The number of fused-ring (bicyclic) bond motifs is 4. The zero-order valence-corrected chi connectivity index (χ0v) is 70.6. The molecule has 20 nitrogen and oxygen atoms in total. The van der Waals surface area contributed by atoms with Gasteiger partial charge in [-0.3, -0.25) is 43.3 Å². The van der Waals surface area contributed by atoms with Gasteiger partial charge in [0.1, 0.15) is 34.2 Å². The Morgan fingerprint density at radius 3 is 1.44 bits per heavy atom. The van der Waals surface area contributed by atoms with E-state index in [-0.39, 0.29) is 77.7 Å². The molecule has 0 radical (unpaired) electrons. The van der Waals surface area contributed by atoms with Crippen molar-refractivity contribution in [3.05, 3.63) is 391 Å². The predicted octanol–water partition coefficient (Wildman–Crippen LogP) is 18.2. The molecule has 0 spiro atoms. The van der Waals surface area contributed by atoms with Crippen LogP contribution in [0.2, 0.25) is 0 Å². The van der Waals surface area contributed by atoms with Gasteiger partial charge >= 0.3 is 24.7 Å². The molecule has 0 saturated carbocycles. The van der Waals surface area contributed by atoms with E-state index in [9.17, 15) is 71.9 Å². The number of rotatable bonds is 15. The second-order valence-electron chi connectivity index (χ2n) is 30.5. The summed E-state index contributed by atoms with van der Waals surface area (Å²) in [7, 11) is 0. The summed E-state index contributed by atoms with van der Waals surface area (Å²) in [5, 5.41) is 12.6. The van der Waals surface area contributed by atoms with Gasteiger partial charge in [0, 0.05) is 141 Å². The first-order valence-electron chi connectivity index (χ1n) is 40.8. The van der Waals surface area contributed by atoms with Gasteiger partial charge in [-0.15, -0.1) is 0 Å². The minimum atomic E-state index is -4.52. The summed E-state index contributed by atoms with van der Waals surface area (Å²) in [5.74, 6) is 22.6. The van der Waals surface area contributed by atoms with E-state index in [4.69, 9.17) is 0 Å². The van der Waals surface area contributed by atoms with E-state index in [1.165, 1.54) is 54.9 Å². The predicted molar refractivity (Wildman–Crippen MR) is 467 cm³/mol. The molecule has 0 N–H and O–H groups in total. The van der Waals surface area contributed by atoms with E-state index in [1.54, 1.807) is 185 Å². The van der Waals surface area contributed by atoms with Crippen molar-refractivity contribution < 1.29 is 71.9 Å². The first-order chi connectivity index (χ1) is 63.2. The number of carbonyl (C=O) groups is 4. The fraction of sp³-hybridized carbons (Fsp3) is 0.180. The summed E-state index contributed by atoms with van der Waals surface area (Å²) in [4.78, 5) is 84.8. The number of alkyl halides is 12. The van der Waals surface area contributed by atoms with Crippen molar-refractivity contribution in [2.75, 3.05) is 26.2 Å². The van der Waals surface area contributed by atoms with Crippen LogP contribution in [0.3, 0.4) is 0 Å². The average molecular weight is 1790 g/mol. The van der Waals surface area contributed by atoms with Gasteiger partial charge in [0.2, 0.25) is 0 Å². The third-order valence-corrected chi connectivity index (χ3v) is 21.0. The van der Waals surface area contributed by atoms with E-state index in [0.717, 1.165) is 74.2 Å². The Hall–Kier alpha value is -15.9. The molecule has 1 saturated heterocycles. The number of Topliss-reactive ketones (excluding diaryl/α,β-unsaturated/α-hetero) is 4. The standard InChI is InChI=1S/C30H29F3N6O.2C24H16F3N3O.C22H13F3N4O/c1-21(2)38-14-12-37(13-15-38)20-23-7-6-22(16-26(23)30(31,32)33)17-28(40)27-5-3-4-24(36-27)8-9-25-18-35-29-19-34-10-11-39(25)29;1-16-18(10-11-20-15-28-23-9-4-12-29-30(20)23)6-3-8-21(16)22(31)14-17-5-2-7-19(13-17)24(25,26)27;1-16-7-8-17(9-10-20-15-28-23-6-3-11-29-30(20)23)13-21(16)22(31)14-18-4-2-5-19(12-18)24(25,26)27;23-22(24,25)18-4-1-3-15(10-18)11-20(30)17-9-16(12-26-13-17)6-7-19-14-27-21-5-2-8-28-29(19)21/h3-7,10-11,16,18-19,21H,12-15,17,20H2,1-2H3;2-9,12-13,15H,14H2,1H3;2-8,11-13,15H,14H2,1H3;1-5,8-10,12-14H,11H2. The lowest BCUT2D eigenvalue weighted by atomic mass is 9.95. The second kappa shape index (κ2) is 40.6. The van der Waals surface area contributed by atoms with Gasteiger partial charge in [0.05, 0.1) is 53.2 Å². The van der Waals surface area contributed by atoms with Crippen LogP contribution in [0.15, 0.2) is 262 Å². The van der Waals surface area contributed by atoms with Crippen molar-refractivity contribution in [3.8, 4) is 47.4 Å². The number of aromatic nitrogens is 14. The van der Waals surface area contributed by atoms with Gasteiger partial charge < -0.3 is 0 Å². The highest BCUT2D eigenvalue weighted by molar-refractivity contribution is 6.00. The highest BCUT2D eigenvalue weighted by Gasteiger charge is 2.36. The number of hydrogen-bond acceptors (Lipinski definition) is 16. The fourth-order valence-electron chi connectivity index (χ4n) is 14.1. The summed E-state index contributed by atoms with van der Waals surface area (Å²) in [6.45, 7) is 11.1. The van der Waals surface area contributed by atoms with Gasteiger partial charge in [0.25, 0.3) is 0 Å². The highest BCUT2D eigenvalue weighted by atomic mass is 19.4. The third-order valence-electron chi connectivity index (χ3n) is 21.0. The number of carbonyl (C=O) groups excluding carboxylic acids is 4. The Balaban J connectivity index is 0.000000143. The fourth-order valence-corrected chi connectivity index (χ4v) is 14.1. The van der Waals surface area contributed by atoms with Crippen LogP contribution < -0.4 is 0 Å². The Morgan fingerprint density at radius 1 is 0.394 bits per heavy atom. The van der Waals surface area contributed by atoms with Crippen LogP contribution in [0.1, 0.15) is 162 Å². The van der Waals surface area contributed by atoms with Crippen LogP contribution >= 0.6 is 0 Å². The molecule has 0 amide bonds. The van der Waals surface area contributed by atoms with Gasteiger partial charge in [-0.1, -0.05) is 109 Å². The Bertz CT molecular complexity index is 7210. The zero-order chi connectivity index (χ0) is 93.4. The number of benzene rings is 6. The zero-order valence-electron chi connectivity index (χ0n) is 70.6. The molecular weight excluding hydrogens is 1720 g/mol. The number of aryl methyl sites for hydroxylation is 1. The SMILES string of the molecule is CC(C)N1CCN(Cc2ccc(CC(=O)c3cccc(C#Cc4cnc5cnccn45)n3)cc2C(F)(F)F)CC1.Cc1c(C#Cc2cnc3cccnn23)cccc1C(=O)Cc1cccc(C(F)(F)F)c1.Cc1ccc(C#Cc2cnc3cccnn23)cc1C(=O)Cc1cccc(C(F)(F)F)c1.O=C(Cc1cccc(C(F)(F)F)c1)c1cncc(C#Cc2cnc3cccnn23)c1. The molecule has 1 aliphatic heterocycles. The molecule has 6 aromatic carbocycles. The molecule has 0 unspecified atom stereocenters. The largest absolute Gasteiger partial charge is 0.416 e. The number of piperazine rings is 1. The Morgan fingerprint density at radius 2 is 0.886 bits per heavy atom. The van der Waals surface area contributed by atoms with Crippen LogP contribution in [0, 0.1) is 61.2 Å². The number of halogens is 12. The number of pyridine rings is 2. The summed E-state index contributed by atoms with van der Waals surface area (Å²) in [5.41, 5.74) is 8.32. The van der Waals surface area contributed by atoms with Crippen LogP contribution in [0.25, 0.3) is 22.6 Å². The molecule has 10 aromatic heterocycles. The molecule has 662 valence electrons. The minimum Gasteiger partial charge on any atom is -0.298 e. The van der Waals surface area contributed by atoms with Crippen LogP contribution in [0.5, 0.6) is 0 Å². The first-order valence-corrected chi connectivity index (χ1v) is 40.8. The third kappa shape index (κ3) is 23.7. The van der Waals surface area contributed by atoms with E-state index >= 15 is 0 Å². The van der Waals surface area contributed by atoms with Crippen molar-refractivity contribution in [3.63, 3.8) is 0 Å². The van der Waals surface area contributed by atoms with E-state index in [1.807, 2.05) is 12.1 Å². The maximum Gasteiger partial charge on any atom is 0.416 e. The molecule has 0 bridgehead atoms. The van der Waals surface area contributed by atoms with Crippen molar-refractivity contribution in [2.45, 2.75) is 90.7 Å². The average Bonchev–Trinajstić information content (AvgIpc) is 1.18. The maximum atomic E-state index is 14.0. The number of nitrogens with zero attached hydrogens (tertiary/aromatic N) is 16. The topological polar surface area (TPSA) is 221 Å². The van der Waals surface area contributed by atoms with Gasteiger partial charge in [0.15, 0.2) is 45.7 Å². The molecule has 16 aromatic rings. The van der Waals surface area contributed by atoms with E-state index in [2.05, 4.69) is 121 Å². The van der Waals surface area contributed by atoms with Crippen molar-refractivity contribution in [2.24, 2.45) is 0 Å². The highest BCUT2D eigenvalue weighted by Crippen LogP contribution is 2.36.